The lowest BCUT2D eigenvalue weighted by Crippen LogP contribution is -2.57. The van der Waals surface area contributed by atoms with Crippen LogP contribution in [0.15, 0.2) is 0 Å². The molecule has 0 fully saturated rings. The molecule has 4 amide bonds. The van der Waals surface area contributed by atoms with Crippen molar-refractivity contribution in [3.8, 4) is 0 Å². The zero-order chi connectivity index (χ0) is 23.3. The molecular weight excluding hydrogens is 416 g/mol. The number of rotatable bonds is 15. The van der Waals surface area contributed by atoms with E-state index in [9.17, 15) is 29.1 Å². The Morgan fingerprint density at radius 2 is 1.53 bits per heavy atom. The molecule has 13 heteroatoms. The summed E-state index contributed by atoms with van der Waals surface area (Å²) in [6.45, 7) is 1.79. The van der Waals surface area contributed by atoms with Crippen molar-refractivity contribution in [3.05, 3.63) is 0 Å². The van der Waals surface area contributed by atoms with Crippen LogP contribution in [0, 0.1) is 0 Å². The predicted octanol–water partition coefficient (Wildman–Crippen LogP) is -2.80. The van der Waals surface area contributed by atoms with Gasteiger partial charge in [0.15, 0.2) is 0 Å². The van der Waals surface area contributed by atoms with Crippen molar-refractivity contribution in [1.82, 2.24) is 16.0 Å². The summed E-state index contributed by atoms with van der Waals surface area (Å²) in [7, 11) is 0. The van der Waals surface area contributed by atoms with Crippen LogP contribution < -0.4 is 33.2 Å². The molecule has 0 aromatic heterocycles. The number of primary amides is 1. The first-order valence-electron chi connectivity index (χ1n) is 9.52. The number of nitrogens with one attached hydrogen (secondary N) is 3. The van der Waals surface area contributed by atoms with Gasteiger partial charge in [0.2, 0.25) is 23.6 Å². The van der Waals surface area contributed by atoms with Gasteiger partial charge in [0.25, 0.3) is 0 Å². The summed E-state index contributed by atoms with van der Waals surface area (Å²) in [5.74, 6) is -3.95. The highest BCUT2D eigenvalue weighted by Crippen LogP contribution is 2.02. The van der Waals surface area contributed by atoms with Gasteiger partial charge in [-0.25, -0.2) is 4.79 Å². The first kappa shape index (κ1) is 27.6. The van der Waals surface area contributed by atoms with Gasteiger partial charge in [-0.2, -0.15) is 12.6 Å². The van der Waals surface area contributed by atoms with Gasteiger partial charge in [-0.05, 0) is 39.2 Å². The highest BCUT2D eigenvalue weighted by atomic mass is 32.1. The van der Waals surface area contributed by atoms with Gasteiger partial charge in [0.1, 0.15) is 18.1 Å². The molecule has 12 nitrogen and oxygen atoms in total. The summed E-state index contributed by atoms with van der Waals surface area (Å²) < 4.78 is 0. The van der Waals surface area contributed by atoms with Crippen LogP contribution in [0.25, 0.3) is 0 Å². The standard InChI is InChI=1S/C17H32N6O6S/c1-9(21-15(26)10(19)5-6-13(20)24)14(25)23-12(8-30)16(27)22-11(17(28)29)4-2-3-7-18/h9-12,30H,2-8,18-19H2,1H3,(H2,20,24)(H,21,26)(H,22,27)(H,23,25)(H,28,29). The van der Waals surface area contributed by atoms with Crippen LogP contribution in [-0.2, 0) is 24.0 Å². The fraction of sp³-hybridized carbons (Fsp3) is 0.706. The number of hydrogen-bond donors (Lipinski definition) is 8. The maximum absolute atomic E-state index is 12.3. The van der Waals surface area contributed by atoms with Gasteiger partial charge in [0.05, 0.1) is 6.04 Å². The van der Waals surface area contributed by atoms with Gasteiger partial charge in [-0.1, -0.05) is 0 Å². The quantitative estimate of drug-likeness (QED) is 0.0963. The number of nitrogens with two attached hydrogens (primary N) is 3. The minimum atomic E-state index is -1.20. The Bertz CT molecular complexity index is 620. The summed E-state index contributed by atoms with van der Waals surface area (Å²) in [6, 6.07) is -4.29. The van der Waals surface area contributed by atoms with Crippen molar-refractivity contribution >= 4 is 42.2 Å². The van der Waals surface area contributed by atoms with E-state index in [1.165, 1.54) is 6.92 Å². The first-order chi connectivity index (χ1) is 14.0. The lowest BCUT2D eigenvalue weighted by molar-refractivity contribution is -0.142. The lowest BCUT2D eigenvalue weighted by Gasteiger charge is -2.22. The van der Waals surface area contributed by atoms with Crippen LogP contribution in [0.5, 0.6) is 0 Å². The van der Waals surface area contributed by atoms with Gasteiger partial charge >= 0.3 is 5.97 Å². The zero-order valence-corrected chi connectivity index (χ0v) is 17.8. The summed E-state index contributed by atoms with van der Waals surface area (Å²) >= 11 is 4.02. The molecule has 0 bridgehead atoms. The van der Waals surface area contributed by atoms with E-state index in [2.05, 4.69) is 28.6 Å². The van der Waals surface area contributed by atoms with E-state index in [1.807, 2.05) is 0 Å². The van der Waals surface area contributed by atoms with Gasteiger partial charge < -0.3 is 38.3 Å². The normalized spacial score (nSPS) is 14.7. The van der Waals surface area contributed by atoms with Crippen molar-refractivity contribution in [2.45, 2.75) is 63.2 Å². The molecule has 0 saturated heterocycles. The number of amides is 4. The van der Waals surface area contributed by atoms with E-state index in [1.54, 1.807) is 0 Å². The van der Waals surface area contributed by atoms with Crippen molar-refractivity contribution in [3.63, 3.8) is 0 Å². The summed E-state index contributed by atoms with van der Waals surface area (Å²) in [5.41, 5.74) is 16.0. The van der Waals surface area contributed by atoms with Crippen molar-refractivity contribution in [2.24, 2.45) is 17.2 Å². The van der Waals surface area contributed by atoms with E-state index < -0.39 is 53.8 Å². The third-order valence-corrected chi connectivity index (χ3v) is 4.53. The number of hydrogen-bond acceptors (Lipinski definition) is 8. The van der Waals surface area contributed by atoms with Gasteiger partial charge in [0, 0.05) is 12.2 Å². The van der Waals surface area contributed by atoms with Crippen LogP contribution in [0.2, 0.25) is 0 Å². The van der Waals surface area contributed by atoms with Crippen LogP contribution in [0.4, 0.5) is 0 Å². The molecular formula is C17H32N6O6S. The largest absolute Gasteiger partial charge is 0.480 e. The Morgan fingerprint density at radius 3 is 2.03 bits per heavy atom. The topological polar surface area (TPSA) is 220 Å². The second-order valence-electron chi connectivity index (χ2n) is 6.77. The number of carboxylic acid groups (broad SMARTS) is 1. The average Bonchev–Trinajstić information content (AvgIpc) is 2.68. The number of thiol groups is 1. The first-order valence-corrected chi connectivity index (χ1v) is 10.1. The molecule has 0 aromatic rings. The van der Waals surface area contributed by atoms with E-state index in [0.29, 0.717) is 19.4 Å². The highest BCUT2D eigenvalue weighted by molar-refractivity contribution is 7.80. The summed E-state index contributed by atoms with van der Waals surface area (Å²) in [5, 5.41) is 16.4. The summed E-state index contributed by atoms with van der Waals surface area (Å²) in [4.78, 5) is 58.7. The monoisotopic (exact) mass is 448 g/mol. The molecule has 0 heterocycles. The number of unbranched alkanes of at least 4 members (excludes halogenated alkanes) is 1. The zero-order valence-electron chi connectivity index (χ0n) is 16.9. The smallest absolute Gasteiger partial charge is 0.326 e. The lowest BCUT2D eigenvalue weighted by atomic mass is 10.1. The van der Waals surface area contributed by atoms with Crippen LogP contribution in [0.1, 0.15) is 39.0 Å². The Morgan fingerprint density at radius 1 is 0.933 bits per heavy atom. The molecule has 10 N–H and O–H groups in total. The minimum Gasteiger partial charge on any atom is -0.480 e. The maximum atomic E-state index is 12.3. The van der Waals surface area contributed by atoms with E-state index in [-0.39, 0.29) is 25.0 Å². The van der Waals surface area contributed by atoms with E-state index in [4.69, 9.17) is 17.2 Å². The fourth-order valence-electron chi connectivity index (χ4n) is 2.33. The molecule has 0 rings (SSSR count). The molecule has 0 aliphatic rings. The Hall–Kier alpha value is -2.38. The van der Waals surface area contributed by atoms with Crippen molar-refractivity contribution < 1.29 is 29.1 Å². The SMILES string of the molecule is CC(NC(=O)C(N)CCC(N)=O)C(=O)NC(CS)C(=O)NC(CCCCN)C(=O)O. The number of aliphatic carboxylic acids is 1. The molecule has 4 atom stereocenters. The third-order valence-electron chi connectivity index (χ3n) is 4.17. The molecule has 0 aliphatic heterocycles. The number of carbonyl (C=O) groups excluding carboxylic acids is 4. The van der Waals surface area contributed by atoms with Crippen molar-refractivity contribution in [1.29, 1.82) is 0 Å². The van der Waals surface area contributed by atoms with Gasteiger partial charge in [-0.15, -0.1) is 0 Å². The highest BCUT2D eigenvalue weighted by Gasteiger charge is 2.27. The molecule has 0 aliphatic carbocycles. The molecule has 0 saturated carbocycles. The minimum absolute atomic E-state index is 0.0257. The second kappa shape index (κ2) is 14.6. The summed E-state index contributed by atoms with van der Waals surface area (Å²) in [6.07, 6.45) is 1.28. The molecule has 172 valence electrons. The Kier molecular flexibility index (Phi) is 13.4. The molecule has 0 radical (unpaired) electrons. The second-order valence-corrected chi connectivity index (χ2v) is 7.13. The third kappa shape index (κ3) is 11.0. The maximum Gasteiger partial charge on any atom is 0.326 e. The molecule has 4 unspecified atom stereocenters. The van der Waals surface area contributed by atoms with Crippen LogP contribution in [0.3, 0.4) is 0 Å². The Balaban J connectivity index is 4.75. The van der Waals surface area contributed by atoms with Gasteiger partial charge in [-0.3, -0.25) is 19.2 Å². The average molecular weight is 449 g/mol. The van der Waals surface area contributed by atoms with Crippen molar-refractivity contribution in [2.75, 3.05) is 12.3 Å². The Labute approximate surface area is 180 Å². The van der Waals surface area contributed by atoms with Crippen LogP contribution in [-0.4, -0.2) is 71.2 Å². The molecule has 0 spiro atoms. The van der Waals surface area contributed by atoms with Crippen LogP contribution >= 0.6 is 12.6 Å². The predicted molar refractivity (Wildman–Crippen MR) is 112 cm³/mol. The molecule has 0 aromatic carbocycles. The number of carboxylic acids is 1. The van der Waals surface area contributed by atoms with E-state index >= 15 is 0 Å². The fourth-order valence-corrected chi connectivity index (χ4v) is 2.59. The molecule has 30 heavy (non-hydrogen) atoms. The number of carbonyl (C=O) groups is 5. The van der Waals surface area contributed by atoms with E-state index in [0.717, 1.165) is 0 Å².